The van der Waals surface area contributed by atoms with Crippen LogP contribution < -0.4 is 0 Å². The molecule has 2 heteroatoms. The fourth-order valence-corrected chi connectivity index (χ4v) is 2.45. The molecule has 2 nitrogen and oxygen atoms in total. The van der Waals surface area contributed by atoms with Crippen LogP contribution in [0.25, 0.3) is 0 Å². The molecule has 0 spiro atoms. The maximum atomic E-state index is 11.2. The number of hydrogen-bond acceptors (Lipinski definition) is 1. The Labute approximate surface area is 80.3 Å². The highest BCUT2D eigenvalue weighted by molar-refractivity contribution is 5.74. The standard InChI is InChI=1S/C11H20O2/c1-2-7-11(10(12)13)8-5-3-4-6-9-11/h2-9H2,1H3,(H,12,13). The van der Waals surface area contributed by atoms with Crippen molar-refractivity contribution in [3.05, 3.63) is 0 Å². The molecule has 1 fully saturated rings. The van der Waals surface area contributed by atoms with Crippen molar-refractivity contribution in [2.24, 2.45) is 5.41 Å². The van der Waals surface area contributed by atoms with Gasteiger partial charge in [-0.15, -0.1) is 0 Å². The van der Waals surface area contributed by atoms with Crippen LogP contribution >= 0.6 is 0 Å². The molecule has 0 saturated heterocycles. The number of carboxylic acids is 1. The molecule has 76 valence electrons. The number of carboxylic acid groups (broad SMARTS) is 1. The van der Waals surface area contributed by atoms with Crippen molar-refractivity contribution in [2.75, 3.05) is 0 Å². The summed E-state index contributed by atoms with van der Waals surface area (Å²) in [6, 6.07) is 0. The van der Waals surface area contributed by atoms with Crippen molar-refractivity contribution in [3.63, 3.8) is 0 Å². The monoisotopic (exact) mass is 184 g/mol. The van der Waals surface area contributed by atoms with Crippen LogP contribution in [0.2, 0.25) is 0 Å². The highest BCUT2D eigenvalue weighted by Gasteiger charge is 2.37. The first-order valence-electron chi connectivity index (χ1n) is 5.45. The Kier molecular flexibility index (Phi) is 3.76. The molecular formula is C11H20O2. The maximum Gasteiger partial charge on any atom is 0.309 e. The lowest BCUT2D eigenvalue weighted by Crippen LogP contribution is -2.30. The Balaban J connectivity index is 2.67. The van der Waals surface area contributed by atoms with E-state index in [0.29, 0.717) is 0 Å². The van der Waals surface area contributed by atoms with Gasteiger partial charge in [0, 0.05) is 0 Å². The van der Waals surface area contributed by atoms with E-state index in [1.807, 2.05) is 0 Å². The molecule has 1 rings (SSSR count). The molecule has 0 bridgehead atoms. The number of hydrogen-bond donors (Lipinski definition) is 1. The second-order valence-electron chi connectivity index (χ2n) is 4.25. The highest BCUT2D eigenvalue weighted by Crippen LogP contribution is 2.39. The van der Waals surface area contributed by atoms with Crippen LogP contribution in [-0.4, -0.2) is 11.1 Å². The SMILES string of the molecule is CCCC1(C(=O)O)CCCCCC1. The smallest absolute Gasteiger partial charge is 0.309 e. The minimum Gasteiger partial charge on any atom is -0.481 e. The topological polar surface area (TPSA) is 37.3 Å². The highest BCUT2D eigenvalue weighted by atomic mass is 16.4. The van der Waals surface area contributed by atoms with Crippen LogP contribution in [0, 0.1) is 5.41 Å². The summed E-state index contributed by atoms with van der Waals surface area (Å²) in [7, 11) is 0. The summed E-state index contributed by atoms with van der Waals surface area (Å²) in [5.41, 5.74) is -0.370. The molecule has 1 aliphatic rings. The second-order valence-corrected chi connectivity index (χ2v) is 4.25. The normalized spacial score (nSPS) is 22.2. The van der Waals surface area contributed by atoms with Gasteiger partial charge in [-0.2, -0.15) is 0 Å². The Morgan fingerprint density at radius 2 is 1.77 bits per heavy atom. The minimum absolute atomic E-state index is 0.370. The molecule has 0 amide bonds. The molecule has 1 aliphatic carbocycles. The molecular weight excluding hydrogens is 164 g/mol. The molecule has 0 radical (unpaired) electrons. The van der Waals surface area contributed by atoms with Gasteiger partial charge in [0.15, 0.2) is 0 Å². The minimum atomic E-state index is -0.559. The number of carbonyl (C=O) groups is 1. The van der Waals surface area contributed by atoms with E-state index in [-0.39, 0.29) is 5.41 Å². The first-order valence-corrected chi connectivity index (χ1v) is 5.45. The lowest BCUT2D eigenvalue weighted by atomic mass is 9.77. The largest absolute Gasteiger partial charge is 0.481 e. The third kappa shape index (κ3) is 2.45. The predicted molar refractivity (Wildman–Crippen MR) is 52.7 cm³/mol. The van der Waals surface area contributed by atoms with E-state index in [0.717, 1.165) is 38.5 Å². The van der Waals surface area contributed by atoms with Crippen LogP contribution in [0.1, 0.15) is 58.3 Å². The summed E-state index contributed by atoms with van der Waals surface area (Å²) in [4.78, 5) is 11.2. The molecule has 1 saturated carbocycles. The molecule has 0 unspecified atom stereocenters. The van der Waals surface area contributed by atoms with Crippen molar-refractivity contribution >= 4 is 5.97 Å². The second kappa shape index (κ2) is 4.64. The molecule has 13 heavy (non-hydrogen) atoms. The summed E-state index contributed by atoms with van der Waals surface area (Å²) < 4.78 is 0. The first kappa shape index (κ1) is 10.6. The summed E-state index contributed by atoms with van der Waals surface area (Å²) in [5, 5.41) is 9.24. The molecule has 0 aromatic heterocycles. The zero-order valence-corrected chi connectivity index (χ0v) is 8.51. The maximum absolute atomic E-state index is 11.2. The molecule has 0 heterocycles. The fraction of sp³-hybridized carbons (Fsp3) is 0.909. The fourth-order valence-electron chi connectivity index (χ4n) is 2.45. The van der Waals surface area contributed by atoms with E-state index >= 15 is 0 Å². The van der Waals surface area contributed by atoms with Gasteiger partial charge in [-0.1, -0.05) is 39.0 Å². The molecule has 0 atom stereocenters. The summed E-state index contributed by atoms with van der Waals surface area (Å²) in [6.07, 6.45) is 8.30. The Morgan fingerprint density at radius 3 is 2.15 bits per heavy atom. The molecule has 0 aromatic rings. The van der Waals surface area contributed by atoms with Crippen LogP contribution in [0.5, 0.6) is 0 Å². The van der Waals surface area contributed by atoms with E-state index in [1.54, 1.807) is 0 Å². The molecule has 0 aromatic carbocycles. The van der Waals surface area contributed by atoms with Crippen molar-refractivity contribution < 1.29 is 9.90 Å². The lowest BCUT2D eigenvalue weighted by molar-refractivity contribution is -0.150. The lowest BCUT2D eigenvalue weighted by Gasteiger charge is -2.27. The van der Waals surface area contributed by atoms with Gasteiger partial charge >= 0.3 is 5.97 Å². The van der Waals surface area contributed by atoms with Crippen molar-refractivity contribution in [1.29, 1.82) is 0 Å². The molecule has 0 aliphatic heterocycles. The third-order valence-electron chi connectivity index (χ3n) is 3.24. The zero-order valence-electron chi connectivity index (χ0n) is 8.51. The summed E-state index contributed by atoms with van der Waals surface area (Å²) >= 11 is 0. The summed E-state index contributed by atoms with van der Waals surface area (Å²) in [6.45, 7) is 2.08. The van der Waals surface area contributed by atoms with E-state index in [4.69, 9.17) is 0 Å². The van der Waals surface area contributed by atoms with Gasteiger partial charge < -0.3 is 5.11 Å². The molecule has 1 N–H and O–H groups in total. The number of rotatable bonds is 3. The quantitative estimate of drug-likeness (QED) is 0.684. The van der Waals surface area contributed by atoms with E-state index in [1.165, 1.54) is 12.8 Å². The van der Waals surface area contributed by atoms with Gasteiger partial charge in [-0.25, -0.2) is 0 Å². The van der Waals surface area contributed by atoms with Gasteiger partial charge in [-0.3, -0.25) is 4.79 Å². The van der Waals surface area contributed by atoms with Crippen LogP contribution in [0.15, 0.2) is 0 Å². The van der Waals surface area contributed by atoms with Gasteiger partial charge in [0.1, 0.15) is 0 Å². The Hall–Kier alpha value is -0.530. The van der Waals surface area contributed by atoms with Crippen LogP contribution in [0.4, 0.5) is 0 Å². The number of aliphatic carboxylic acids is 1. The Morgan fingerprint density at radius 1 is 1.23 bits per heavy atom. The average Bonchev–Trinajstić information content (AvgIpc) is 2.31. The van der Waals surface area contributed by atoms with Crippen LogP contribution in [-0.2, 0) is 4.79 Å². The van der Waals surface area contributed by atoms with Gasteiger partial charge in [0.2, 0.25) is 0 Å². The predicted octanol–water partition coefficient (Wildman–Crippen LogP) is 3.21. The summed E-state index contributed by atoms with van der Waals surface area (Å²) in [5.74, 6) is -0.559. The van der Waals surface area contributed by atoms with Crippen molar-refractivity contribution in [2.45, 2.75) is 58.3 Å². The first-order chi connectivity index (χ1) is 6.21. The zero-order chi connectivity index (χ0) is 9.73. The van der Waals surface area contributed by atoms with Gasteiger partial charge in [0.05, 0.1) is 5.41 Å². The Bertz CT molecular complexity index is 167. The average molecular weight is 184 g/mol. The van der Waals surface area contributed by atoms with E-state index in [9.17, 15) is 9.90 Å². The van der Waals surface area contributed by atoms with Crippen molar-refractivity contribution in [1.82, 2.24) is 0 Å². The van der Waals surface area contributed by atoms with Gasteiger partial charge in [0.25, 0.3) is 0 Å². The van der Waals surface area contributed by atoms with E-state index in [2.05, 4.69) is 6.92 Å². The third-order valence-corrected chi connectivity index (χ3v) is 3.24. The van der Waals surface area contributed by atoms with Crippen molar-refractivity contribution in [3.8, 4) is 0 Å². The van der Waals surface area contributed by atoms with E-state index < -0.39 is 5.97 Å². The van der Waals surface area contributed by atoms with Gasteiger partial charge in [-0.05, 0) is 19.3 Å². The van der Waals surface area contributed by atoms with Crippen LogP contribution in [0.3, 0.4) is 0 Å².